The van der Waals surface area contributed by atoms with Gasteiger partial charge in [0, 0.05) is 43.2 Å². The molecule has 0 N–H and O–H groups in total. The van der Waals surface area contributed by atoms with Gasteiger partial charge in [-0.05, 0) is 36.4 Å². The average molecular weight is 455 g/mol. The van der Waals surface area contributed by atoms with Crippen LogP contribution in [0.3, 0.4) is 0 Å². The zero-order valence-electron chi connectivity index (χ0n) is 19.3. The van der Waals surface area contributed by atoms with Gasteiger partial charge in [0.2, 0.25) is 5.91 Å². The number of morpholine rings is 1. The molecule has 2 aromatic carbocycles. The lowest BCUT2D eigenvalue weighted by atomic mass is 9.87. The highest BCUT2D eigenvalue weighted by Crippen LogP contribution is 2.40. The second-order valence-corrected chi connectivity index (χ2v) is 8.20. The summed E-state index contributed by atoms with van der Waals surface area (Å²) < 4.78 is 21.8. The summed E-state index contributed by atoms with van der Waals surface area (Å²) in [4.78, 5) is 30.6. The molecule has 2 aromatic rings. The molecular formula is C25H30N2O6. The van der Waals surface area contributed by atoms with E-state index in [9.17, 15) is 9.59 Å². The van der Waals surface area contributed by atoms with Crippen LogP contribution < -0.4 is 14.2 Å². The highest BCUT2D eigenvalue weighted by molar-refractivity contribution is 5.95. The molecule has 2 aliphatic rings. The third kappa shape index (κ3) is 4.75. The number of nitrogens with zero attached hydrogens (tertiary/aromatic N) is 2. The Kier molecular flexibility index (Phi) is 7.03. The maximum atomic E-state index is 13.6. The van der Waals surface area contributed by atoms with Crippen molar-refractivity contribution in [1.29, 1.82) is 0 Å². The maximum absolute atomic E-state index is 13.6. The van der Waals surface area contributed by atoms with Crippen LogP contribution >= 0.6 is 0 Å². The van der Waals surface area contributed by atoms with Gasteiger partial charge in [0.05, 0.1) is 40.5 Å². The minimum atomic E-state index is -0.390. The Bertz CT molecular complexity index is 1000. The highest BCUT2D eigenvalue weighted by atomic mass is 16.5. The molecule has 33 heavy (non-hydrogen) atoms. The van der Waals surface area contributed by atoms with Crippen LogP contribution in [0.4, 0.5) is 0 Å². The van der Waals surface area contributed by atoms with E-state index in [4.69, 9.17) is 18.9 Å². The molecule has 2 atom stereocenters. The summed E-state index contributed by atoms with van der Waals surface area (Å²) in [5.41, 5.74) is 1.40. The SMILES string of the molecule is COc1cccc(C(=O)N2CC(C(=O)N3CCOCC3)C(c3cc(OC)ccc3OC)C2)c1. The predicted octanol–water partition coefficient (Wildman–Crippen LogP) is 2.43. The van der Waals surface area contributed by atoms with Gasteiger partial charge in [-0.2, -0.15) is 0 Å². The van der Waals surface area contributed by atoms with Crippen molar-refractivity contribution >= 4 is 11.8 Å². The number of rotatable bonds is 6. The lowest BCUT2D eigenvalue weighted by Gasteiger charge is -2.31. The smallest absolute Gasteiger partial charge is 0.254 e. The van der Waals surface area contributed by atoms with Crippen molar-refractivity contribution in [2.45, 2.75) is 5.92 Å². The molecule has 8 heteroatoms. The largest absolute Gasteiger partial charge is 0.497 e. The van der Waals surface area contributed by atoms with Crippen LogP contribution in [-0.4, -0.2) is 82.3 Å². The Hall–Kier alpha value is -3.26. The Balaban J connectivity index is 1.67. The van der Waals surface area contributed by atoms with Gasteiger partial charge in [-0.1, -0.05) is 6.07 Å². The number of hydrogen-bond donors (Lipinski definition) is 0. The van der Waals surface area contributed by atoms with E-state index in [1.54, 1.807) is 50.5 Å². The minimum absolute atomic E-state index is 0.0362. The van der Waals surface area contributed by atoms with E-state index < -0.39 is 5.92 Å². The Morgan fingerprint density at radius 1 is 0.879 bits per heavy atom. The van der Waals surface area contributed by atoms with Gasteiger partial charge >= 0.3 is 0 Å². The molecule has 176 valence electrons. The van der Waals surface area contributed by atoms with Crippen LogP contribution in [0.2, 0.25) is 0 Å². The highest BCUT2D eigenvalue weighted by Gasteiger charge is 2.43. The summed E-state index contributed by atoms with van der Waals surface area (Å²) in [7, 11) is 4.79. The third-order valence-electron chi connectivity index (χ3n) is 6.40. The molecule has 2 fully saturated rings. The quantitative estimate of drug-likeness (QED) is 0.667. The number of carbonyl (C=O) groups is 2. The van der Waals surface area contributed by atoms with Gasteiger partial charge in [0.25, 0.3) is 5.91 Å². The fourth-order valence-corrected chi connectivity index (χ4v) is 4.62. The van der Waals surface area contributed by atoms with Crippen LogP contribution in [0.1, 0.15) is 21.8 Å². The van der Waals surface area contributed by atoms with Gasteiger partial charge in [-0.15, -0.1) is 0 Å². The molecule has 2 amide bonds. The molecule has 2 aliphatic heterocycles. The van der Waals surface area contributed by atoms with E-state index in [-0.39, 0.29) is 17.7 Å². The van der Waals surface area contributed by atoms with Crippen molar-refractivity contribution in [1.82, 2.24) is 9.80 Å². The number of hydrogen-bond acceptors (Lipinski definition) is 6. The van der Waals surface area contributed by atoms with Gasteiger partial charge in [0.1, 0.15) is 17.2 Å². The lowest BCUT2D eigenvalue weighted by Crippen LogP contribution is -2.45. The molecule has 2 saturated heterocycles. The Morgan fingerprint density at radius 2 is 1.61 bits per heavy atom. The Morgan fingerprint density at radius 3 is 2.30 bits per heavy atom. The van der Waals surface area contributed by atoms with Crippen molar-refractivity contribution in [2.75, 3.05) is 60.7 Å². The molecule has 2 unspecified atom stereocenters. The number of likely N-dealkylation sites (tertiary alicyclic amines) is 1. The van der Waals surface area contributed by atoms with Crippen LogP contribution in [0, 0.1) is 5.92 Å². The summed E-state index contributed by atoms with van der Waals surface area (Å²) >= 11 is 0. The summed E-state index contributed by atoms with van der Waals surface area (Å²) in [6, 6.07) is 12.7. The molecule has 0 radical (unpaired) electrons. The minimum Gasteiger partial charge on any atom is -0.497 e. The molecule has 0 bridgehead atoms. The second-order valence-electron chi connectivity index (χ2n) is 8.20. The molecular weight excluding hydrogens is 424 g/mol. The van der Waals surface area contributed by atoms with E-state index in [1.807, 2.05) is 23.1 Å². The zero-order valence-corrected chi connectivity index (χ0v) is 19.3. The first-order valence-corrected chi connectivity index (χ1v) is 11.1. The summed E-state index contributed by atoms with van der Waals surface area (Å²) in [6.07, 6.45) is 0. The van der Waals surface area contributed by atoms with E-state index in [0.29, 0.717) is 62.2 Å². The maximum Gasteiger partial charge on any atom is 0.254 e. The van der Waals surface area contributed by atoms with E-state index >= 15 is 0 Å². The first kappa shape index (κ1) is 22.9. The monoisotopic (exact) mass is 454 g/mol. The van der Waals surface area contributed by atoms with Gasteiger partial charge in [-0.25, -0.2) is 0 Å². The van der Waals surface area contributed by atoms with Crippen molar-refractivity contribution < 1.29 is 28.5 Å². The van der Waals surface area contributed by atoms with Crippen molar-refractivity contribution in [3.8, 4) is 17.2 Å². The fourth-order valence-electron chi connectivity index (χ4n) is 4.62. The molecule has 4 rings (SSSR count). The first-order valence-electron chi connectivity index (χ1n) is 11.1. The van der Waals surface area contributed by atoms with Gasteiger partial charge < -0.3 is 28.7 Å². The number of amides is 2. The second kappa shape index (κ2) is 10.1. The molecule has 0 spiro atoms. The van der Waals surface area contributed by atoms with Crippen LogP contribution in [0.15, 0.2) is 42.5 Å². The fraction of sp³-hybridized carbons (Fsp3) is 0.440. The number of ether oxygens (including phenoxy) is 4. The standard InChI is InChI=1S/C25H30N2O6/c1-30-18-6-4-5-17(13-18)24(28)27-15-21(20-14-19(31-2)7-8-23(20)32-3)22(16-27)25(29)26-9-11-33-12-10-26/h4-8,13-14,21-22H,9-12,15-16H2,1-3H3. The summed E-state index contributed by atoms with van der Waals surface area (Å²) in [5, 5.41) is 0. The molecule has 0 aliphatic carbocycles. The Labute approximate surface area is 194 Å². The van der Waals surface area contributed by atoms with Gasteiger partial charge in [-0.3, -0.25) is 9.59 Å². The number of carbonyl (C=O) groups excluding carboxylic acids is 2. The van der Waals surface area contributed by atoms with Crippen LogP contribution in [0.5, 0.6) is 17.2 Å². The molecule has 0 aromatic heterocycles. The third-order valence-corrected chi connectivity index (χ3v) is 6.40. The molecule has 8 nitrogen and oxygen atoms in total. The van der Waals surface area contributed by atoms with E-state index in [1.165, 1.54) is 0 Å². The van der Waals surface area contributed by atoms with Crippen LogP contribution in [0.25, 0.3) is 0 Å². The topological polar surface area (TPSA) is 77.5 Å². The predicted molar refractivity (Wildman–Crippen MR) is 122 cm³/mol. The zero-order chi connectivity index (χ0) is 23.4. The average Bonchev–Trinajstić information content (AvgIpc) is 3.33. The summed E-state index contributed by atoms with van der Waals surface area (Å²) in [6.45, 7) is 2.90. The molecule has 0 saturated carbocycles. The van der Waals surface area contributed by atoms with Crippen LogP contribution in [-0.2, 0) is 9.53 Å². The lowest BCUT2D eigenvalue weighted by molar-refractivity contribution is -0.139. The first-order chi connectivity index (χ1) is 16.0. The van der Waals surface area contributed by atoms with Crippen molar-refractivity contribution in [3.63, 3.8) is 0 Å². The van der Waals surface area contributed by atoms with E-state index in [0.717, 1.165) is 5.56 Å². The number of methoxy groups -OCH3 is 3. The van der Waals surface area contributed by atoms with Crippen molar-refractivity contribution in [3.05, 3.63) is 53.6 Å². The van der Waals surface area contributed by atoms with Gasteiger partial charge in [0.15, 0.2) is 0 Å². The number of benzene rings is 2. The van der Waals surface area contributed by atoms with E-state index in [2.05, 4.69) is 0 Å². The summed E-state index contributed by atoms with van der Waals surface area (Å²) in [5.74, 6) is 1.27. The normalized spacial score (nSPS) is 20.5. The molecule has 2 heterocycles. The van der Waals surface area contributed by atoms with Crippen molar-refractivity contribution in [2.24, 2.45) is 5.92 Å².